The zero-order valence-corrected chi connectivity index (χ0v) is 17.0. The van der Waals surface area contributed by atoms with Gasteiger partial charge in [-0.2, -0.15) is 0 Å². The van der Waals surface area contributed by atoms with E-state index in [9.17, 15) is 9.59 Å². The van der Waals surface area contributed by atoms with Crippen molar-refractivity contribution in [2.24, 2.45) is 0 Å². The minimum atomic E-state index is -0.535. The van der Waals surface area contributed by atoms with Gasteiger partial charge in [-0.1, -0.05) is 18.2 Å². The van der Waals surface area contributed by atoms with Crippen LogP contribution in [-0.2, 0) is 0 Å². The molecule has 0 aliphatic rings. The number of hydrogen-bond donors (Lipinski definition) is 2. The zero-order chi connectivity index (χ0) is 19.6. The normalized spacial score (nSPS) is 10.5. The third kappa shape index (κ3) is 3.70. The van der Waals surface area contributed by atoms with E-state index in [2.05, 4.69) is 10.9 Å². The quantitative estimate of drug-likeness (QED) is 0.441. The van der Waals surface area contributed by atoms with Gasteiger partial charge in [0.25, 0.3) is 5.91 Å². The number of methoxy groups -OCH3 is 2. The van der Waals surface area contributed by atoms with E-state index >= 15 is 0 Å². The third-order valence-electron chi connectivity index (χ3n) is 4.06. The molecule has 140 valence electrons. The lowest BCUT2D eigenvalue weighted by Gasteiger charge is -2.12. The van der Waals surface area contributed by atoms with E-state index in [0.29, 0.717) is 31.8 Å². The highest BCUT2D eigenvalue weighted by molar-refractivity contribution is 14.1. The molecule has 0 saturated carbocycles. The van der Waals surface area contributed by atoms with E-state index in [4.69, 9.17) is 13.9 Å². The van der Waals surface area contributed by atoms with Crippen molar-refractivity contribution < 1.29 is 23.5 Å². The van der Waals surface area contributed by atoms with Crippen LogP contribution < -0.4 is 20.3 Å². The van der Waals surface area contributed by atoms with Crippen molar-refractivity contribution >= 4 is 45.4 Å². The number of hydrogen-bond acceptors (Lipinski definition) is 5. The van der Waals surface area contributed by atoms with E-state index in [1.165, 1.54) is 14.2 Å². The van der Waals surface area contributed by atoms with Crippen molar-refractivity contribution in [1.82, 2.24) is 10.9 Å². The van der Waals surface area contributed by atoms with Crippen molar-refractivity contribution in [3.63, 3.8) is 0 Å². The largest absolute Gasteiger partial charge is 0.493 e. The fourth-order valence-electron chi connectivity index (χ4n) is 2.66. The Morgan fingerprint density at radius 3 is 2.30 bits per heavy atom. The van der Waals surface area contributed by atoms with Crippen molar-refractivity contribution in [1.29, 1.82) is 0 Å². The molecule has 0 fully saturated rings. The maximum absolute atomic E-state index is 12.5. The molecule has 2 aromatic carbocycles. The number of fused-ring (bicyclic) bond motifs is 1. The molecule has 2 N–H and O–H groups in total. The van der Waals surface area contributed by atoms with Gasteiger partial charge in [0.05, 0.1) is 19.8 Å². The van der Waals surface area contributed by atoms with E-state index in [1.54, 1.807) is 25.1 Å². The van der Waals surface area contributed by atoms with Crippen LogP contribution in [0.1, 0.15) is 26.5 Å². The fourth-order valence-corrected chi connectivity index (χ4v) is 3.34. The lowest BCUT2D eigenvalue weighted by atomic mass is 10.1. The number of benzene rings is 2. The Morgan fingerprint density at radius 1 is 1.00 bits per heavy atom. The number of para-hydroxylation sites is 1. The van der Waals surface area contributed by atoms with Crippen LogP contribution >= 0.6 is 22.6 Å². The lowest BCUT2D eigenvalue weighted by Crippen LogP contribution is -2.42. The average Bonchev–Trinajstić information content (AvgIpc) is 3.02. The molecule has 2 amide bonds. The summed E-state index contributed by atoms with van der Waals surface area (Å²) in [7, 11) is 3.00. The third-order valence-corrected chi connectivity index (χ3v) is 4.95. The van der Waals surface area contributed by atoms with E-state index in [1.807, 2.05) is 40.8 Å². The Bertz CT molecular complexity index is 1030. The summed E-state index contributed by atoms with van der Waals surface area (Å²) in [5.74, 6) is 0.0661. The van der Waals surface area contributed by atoms with Crippen molar-refractivity contribution in [2.45, 2.75) is 6.92 Å². The molecule has 0 bridgehead atoms. The first-order chi connectivity index (χ1) is 13.0. The molecule has 27 heavy (non-hydrogen) atoms. The summed E-state index contributed by atoms with van der Waals surface area (Å²) in [6.45, 7) is 1.79. The number of carbonyl (C=O) groups excluding carboxylic acids is 2. The molecule has 1 heterocycles. The number of nitrogens with one attached hydrogen (secondary N) is 2. The number of carbonyl (C=O) groups is 2. The van der Waals surface area contributed by atoms with Crippen LogP contribution in [0.25, 0.3) is 11.0 Å². The van der Waals surface area contributed by atoms with Crippen LogP contribution in [0.3, 0.4) is 0 Å². The monoisotopic (exact) mass is 480 g/mol. The number of furan rings is 1. The summed E-state index contributed by atoms with van der Waals surface area (Å²) in [5, 5.41) is 0.850. The highest BCUT2D eigenvalue weighted by Crippen LogP contribution is 2.31. The van der Waals surface area contributed by atoms with Crippen molar-refractivity contribution in [2.75, 3.05) is 14.2 Å². The number of halogens is 1. The Labute approximate surface area is 169 Å². The van der Waals surface area contributed by atoms with Crippen LogP contribution in [0.2, 0.25) is 0 Å². The van der Waals surface area contributed by atoms with Gasteiger partial charge in [-0.25, -0.2) is 0 Å². The molecule has 0 aliphatic heterocycles. The predicted molar refractivity (Wildman–Crippen MR) is 108 cm³/mol. The van der Waals surface area contributed by atoms with Crippen molar-refractivity contribution in [3.05, 3.63) is 56.9 Å². The maximum Gasteiger partial charge on any atom is 0.305 e. The highest BCUT2D eigenvalue weighted by Gasteiger charge is 2.20. The van der Waals surface area contributed by atoms with Crippen LogP contribution in [-0.4, -0.2) is 26.0 Å². The second kappa shape index (κ2) is 7.87. The van der Waals surface area contributed by atoms with Crippen LogP contribution in [0.5, 0.6) is 11.5 Å². The standard InChI is InChI=1S/C19H17IN2O5/c1-10-11-6-4-5-7-14(11)27-17(10)19(24)22-21-18(23)12-8-15(25-2)16(26-3)9-13(12)20/h4-9H,1-3H3,(H,21,23)(H,22,24). The van der Waals surface area contributed by atoms with Gasteiger partial charge in [0.2, 0.25) is 0 Å². The van der Waals surface area contributed by atoms with Gasteiger partial charge < -0.3 is 13.9 Å². The van der Waals surface area contributed by atoms with Gasteiger partial charge in [-0.3, -0.25) is 20.4 Å². The number of amides is 2. The average molecular weight is 480 g/mol. The number of hydrazine groups is 1. The summed E-state index contributed by atoms with van der Waals surface area (Å²) in [6, 6.07) is 10.6. The van der Waals surface area contributed by atoms with E-state index < -0.39 is 11.8 Å². The van der Waals surface area contributed by atoms with Gasteiger partial charge in [0.15, 0.2) is 17.3 Å². The summed E-state index contributed by atoms with van der Waals surface area (Å²) < 4.78 is 16.7. The Morgan fingerprint density at radius 2 is 1.63 bits per heavy atom. The molecule has 7 nitrogen and oxygen atoms in total. The molecular formula is C19H17IN2O5. The molecule has 1 aromatic heterocycles. The maximum atomic E-state index is 12.5. The smallest absolute Gasteiger partial charge is 0.305 e. The minimum Gasteiger partial charge on any atom is -0.493 e. The van der Waals surface area contributed by atoms with Crippen LogP contribution in [0.15, 0.2) is 40.8 Å². The summed E-state index contributed by atoms with van der Waals surface area (Å²) >= 11 is 2.01. The first kappa shape index (κ1) is 19.0. The van der Waals surface area contributed by atoms with Crippen LogP contribution in [0.4, 0.5) is 0 Å². The first-order valence-electron chi connectivity index (χ1n) is 7.96. The Kier molecular flexibility index (Phi) is 5.54. The molecule has 0 radical (unpaired) electrons. The Balaban J connectivity index is 1.77. The van der Waals surface area contributed by atoms with Gasteiger partial charge >= 0.3 is 5.91 Å². The van der Waals surface area contributed by atoms with Crippen LogP contribution in [0, 0.1) is 10.5 Å². The molecule has 8 heteroatoms. The van der Waals surface area contributed by atoms with E-state index in [-0.39, 0.29) is 5.76 Å². The first-order valence-corrected chi connectivity index (χ1v) is 9.04. The summed E-state index contributed by atoms with van der Waals surface area (Å²) in [6.07, 6.45) is 0. The van der Waals surface area contributed by atoms with E-state index in [0.717, 1.165) is 5.39 Å². The molecule has 3 rings (SSSR count). The fraction of sp³-hybridized carbons (Fsp3) is 0.158. The van der Waals surface area contributed by atoms with Crippen molar-refractivity contribution in [3.8, 4) is 11.5 Å². The molecule has 0 saturated heterocycles. The number of rotatable bonds is 4. The molecule has 0 atom stereocenters. The zero-order valence-electron chi connectivity index (χ0n) is 14.9. The van der Waals surface area contributed by atoms with Gasteiger partial charge in [-0.05, 0) is 47.7 Å². The molecule has 0 aliphatic carbocycles. The Hall–Kier alpha value is -2.75. The number of aryl methyl sites for hydroxylation is 1. The highest BCUT2D eigenvalue weighted by atomic mass is 127. The molecular weight excluding hydrogens is 463 g/mol. The second-order valence-corrected chi connectivity index (χ2v) is 6.81. The lowest BCUT2D eigenvalue weighted by molar-refractivity contribution is 0.0831. The topological polar surface area (TPSA) is 89.8 Å². The minimum absolute atomic E-state index is 0.151. The molecule has 0 spiro atoms. The second-order valence-electron chi connectivity index (χ2n) is 5.65. The number of ether oxygens (including phenoxy) is 2. The summed E-state index contributed by atoms with van der Waals surface area (Å²) in [4.78, 5) is 24.9. The van der Waals surface area contributed by atoms with Gasteiger partial charge in [-0.15, -0.1) is 0 Å². The van der Waals surface area contributed by atoms with Gasteiger partial charge in [0.1, 0.15) is 5.58 Å². The summed E-state index contributed by atoms with van der Waals surface area (Å²) in [5.41, 5.74) is 6.44. The predicted octanol–water partition coefficient (Wildman–Crippen LogP) is 3.44. The molecule has 3 aromatic rings. The molecule has 0 unspecified atom stereocenters. The SMILES string of the molecule is COc1cc(I)c(C(=O)NNC(=O)c2oc3ccccc3c2C)cc1OC. The van der Waals surface area contributed by atoms with Gasteiger partial charge in [0, 0.05) is 14.5 Å².